The highest BCUT2D eigenvalue weighted by Crippen LogP contribution is 2.19. The predicted molar refractivity (Wildman–Crippen MR) is 73.4 cm³/mol. The summed E-state index contributed by atoms with van der Waals surface area (Å²) in [6.45, 7) is 3.85. The molecule has 2 N–H and O–H groups in total. The maximum atomic E-state index is 11.9. The van der Waals surface area contributed by atoms with Gasteiger partial charge in [0, 0.05) is 17.1 Å². The Hall–Kier alpha value is -2.01. The summed E-state index contributed by atoms with van der Waals surface area (Å²) in [5.41, 5.74) is 5.94. The van der Waals surface area contributed by atoms with E-state index in [1.54, 1.807) is 28.9 Å². The lowest BCUT2D eigenvalue weighted by Crippen LogP contribution is -2.11. The zero-order valence-electron chi connectivity index (χ0n) is 10.6. The average Bonchev–Trinajstić information content (AvgIpc) is 2.71. The minimum atomic E-state index is -0.562. The average molecular weight is 280 g/mol. The highest BCUT2D eigenvalue weighted by molar-refractivity contribution is 6.30. The normalized spacial score (nSPS) is 10.7. The van der Waals surface area contributed by atoms with Crippen molar-refractivity contribution in [3.63, 3.8) is 0 Å². The number of halogens is 1. The molecule has 0 fully saturated rings. The van der Waals surface area contributed by atoms with Crippen LogP contribution in [-0.2, 0) is 0 Å². The van der Waals surface area contributed by atoms with E-state index in [1.165, 1.54) is 6.07 Å². The number of nitrogens with zero attached hydrogens (tertiary/aromatic N) is 2. The fourth-order valence-corrected chi connectivity index (χ4v) is 1.79. The van der Waals surface area contributed by atoms with Gasteiger partial charge < -0.3 is 10.5 Å². The number of hydrogen-bond acceptors (Lipinski definition) is 4. The van der Waals surface area contributed by atoms with Crippen molar-refractivity contribution in [1.82, 2.24) is 9.78 Å². The first kappa shape index (κ1) is 13.4. The van der Waals surface area contributed by atoms with E-state index in [0.29, 0.717) is 16.6 Å². The van der Waals surface area contributed by atoms with Crippen LogP contribution in [0.3, 0.4) is 0 Å². The summed E-state index contributed by atoms with van der Waals surface area (Å²) in [6.07, 6.45) is 0. The lowest BCUT2D eigenvalue weighted by Gasteiger charge is -2.06. The van der Waals surface area contributed by atoms with Gasteiger partial charge in [-0.2, -0.15) is 5.10 Å². The first-order chi connectivity index (χ1) is 8.97. The summed E-state index contributed by atoms with van der Waals surface area (Å²) in [4.78, 5) is 11.9. The number of esters is 1. The fourth-order valence-electron chi connectivity index (χ4n) is 1.61. The summed E-state index contributed by atoms with van der Waals surface area (Å²) in [5, 5.41) is 4.61. The van der Waals surface area contributed by atoms with Gasteiger partial charge in [-0.3, -0.25) is 0 Å². The van der Waals surface area contributed by atoms with E-state index in [2.05, 4.69) is 5.10 Å². The predicted octanol–water partition coefficient (Wildman–Crippen LogP) is 2.92. The lowest BCUT2D eigenvalue weighted by atomic mass is 10.3. The number of ether oxygens (including phenoxy) is 1. The molecule has 100 valence electrons. The number of hydrogen-bond donors (Lipinski definition) is 1. The van der Waals surface area contributed by atoms with Gasteiger partial charge in [0.1, 0.15) is 11.6 Å². The number of carbonyl (C=O) groups excluding carboxylic acids is 1. The van der Waals surface area contributed by atoms with Crippen molar-refractivity contribution in [3.8, 4) is 5.75 Å². The molecule has 0 aliphatic heterocycles. The number of rotatable bonds is 3. The van der Waals surface area contributed by atoms with Gasteiger partial charge in [0.15, 0.2) is 5.69 Å². The monoisotopic (exact) mass is 279 g/mol. The Bertz CT molecular complexity index is 608. The Balaban J connectivity index is 2.18. The van der Waals surface area contributed by atoms with Crippen LogP contribution in [0, 0.1) is 0 Å². The molecule has 0 aliphatic rings. The molecule has 0 unspecified atom stereocenters. The SMILES string of the molecule is CC(C)n1nc(C(=O)Oc2cccc(Cl)c2)cc1N. The largest absolute Gasteiger partial charge is 0.422 e. The molecule has 1 aromatic heterocycles. The van der Waals surface area contributed by atoms with Crippen molar-refractivity contribution in [1.29, 1.82) is 0 Å². The number of benzene rings is 1. The Morgan fingerprint density at radius 3 is 2.74 bits per heavy atom. The summed E-state index contributed by atoms with van der Waals surface area (Å²) in [7, 11) is 0. The molecule has 19 heavy (non-hydrogen) atoms. The number of nitrogen functional groups attached to an aromatic ring is 1. The molecule has 0 amide bonds. The van der Waals surface area contributed by atoms with Crippen molar-refractivity contribution >= 4 is 23.4 Å². The smallest absolute Gasteiger partial charge is 0.364 e. The van der Waals surface area contributed by atoms with Gasteiger partial charge in [-0.15, -0.1) is 0 Å². The molecule has 0 saturated carbocycles. The van der Waals surface area contributed by atoms with Crippen LogP contribution in [0.1, 0.15) is 30.4 Å². The van der Waals surface area contributed by atoms with E-state index < -0.39 is 5.97 Å². The van der Waals surface area contributed by atoms with Crippen molar-refractivity contribution in [2.75, 3.05) is 5.73 Å². The molecule has 6 heteroatoms. The summed E-state index contributed by atoms with van der Waals surface area (Å²) >= 11 is 5.81. The van der Waals surface area contributed by atoms with Crippen LogP contribution in [0.15, 0.2) is 30.3 Å². The third kappa shape index (κ3) is 3.06. The minimum absolute atomic E-state index is 0.0766. The second kappa shape index (κ2) is 5.32. The molecule has 1 aromatic carbocycles. The Morgan fingerprint density at radius 2 is 2.16 bits per heavy atom. The molecule has 5 nitrogen and oxygen atoms in total. The van der Waals surface area contributed by atoms with Gasteiger partial charge in [0.25, 0.3) is 0 Å². The first-order valence-electron chi connectivity index (χ1n) is 5.80. The van der Waals surface area contributed by atoms with Crippen molar-refractivity contribution in [3.05, 3.63) is 41.0 Å². The molecule has 0 aliphatic carbocycles. The Labute approximate surface area is 115 Å². The van der Waals surface area contributed by atoms with Crippen LogP contribution < -0.4 is 10.5 Å². The van der Waals surface area contributed by atoms with Crippen molar-refractivity contribution < 1.29 is 9.53 Å². The van der Waals surface area contributed by atoms with E-state index in [4.69, 9.17) is 22.1 Å². The third-order valence-electron chi connectivity index (χ3n) is 2.47. The molecular weight excluding hydrogens is 266 g/mol. The molecule has 1 heterocycles. The summed E-state index contributed by atoms with van der Waals surface area (Å²) < 4.78 is 6.74. The van der Waals surface area contributed by atoms with Crippen molar-refractivity contribution in [2.45, 2.75) is 19.9 Å². The van der Waals surface area contributed by atoms with Crippen LogP contribution in [-0.4, -0.2) is 15.7 Å². The van der Waals surface area contributed by atoms with Gasteiger partial charge >= 0.3 is 5.97 Å². The number of nitrogens with two attached hydrogens (primary N) is 1. The molecule has 0 saturated heterocycles. The molecule has 0 spiro atoms. The Morgan fingerprint density at radius 1 is 1.42 bits per heavy atom. The molecule has 0 atom stereocenters. The molecule has 0 radical (unpaired) electrons. The van der Waals surface area contributed by atoms with Crippen LogP contribution in [0.4, 0.5) is 5.82 Å². The number of anilines is 1. The van der Waals surface area contributed by atoms with E-state index in [1.807, 2.05) is 13.8 Å². The fraction of sp³-hybridized carbons (Fsp3) is 0.231. The standard InChI is InChI=1S/C13H14ClN3O2/c1-8(2)17-12(15)7-11(16-17)13(18)19-10-5-3-4-9(14)6-10/h3-8H,15H2,1-2H3. The summed E-state index contributed by atoms with van der Waals surface area (Å²) in [6, 6.07) is 8.17. The minimum Gasteiger partial charge on any atom is -0.422 e. The third-order valence-corrected chi connectivity index (χ3v) is 2.70. The van der Waals surface area contributed by atoms with Crippen LogP contribution in [0.2, 0.25) is 5.02 Å². The van der Waals surface area contributed by atoms with E-state index in [0.717, 1.165) is 0 Å². The highest BCUT2D eigenvalue weighted by atomic mass is 35.5. The van der Waals surface area contributed by atoms with Crippen molar-refractivity contribution in [2.24, 2.45) is 0 Å². The van der Waals surface area contributed by atoms with Crippen LogP contribution in [0.5, 0.6) is 5.75 Å². The molecule has 2 rings (SSSR count). The van der Waals surface area contributed by atoms with Gasteiger partial charge in [0.05, 0.1) is 0 Å². The highest BCUT2D eigenvalue weighted by Gasteiger charge is 2.16. The topological polar surface area (TPSA) is 70.1 Å². The maximum Gasteiger partial charge on any atom is 0.364 e. The molecule has 2 aromatic rings. The van der Waals surface area contributed by atoms with Crippen LogP contribution in [0.25, 0.3) is 0 Å². The van der Waals surface area contributed by atoms with Crippen LogP contribution >= 0.6 is 11.6 Å². The van der Waals surface area contributed by atoms with E-state index in [9.17, 15) is 4.79 Å². The van der Waals surface area contributed by atoms with E-state index >= 15 is 0 Å². The summed E-state index contributed by atoms with van der Waals surface area (Å²) in [5.74, 6) is 0.233. The van der Waals surface area contributed by atoms with Gasteiger partial charge in [-0.1, -0.05) is 17.7 Å². The number of carbonyl (C=O) groups is 1. The quantitative estimate of drug-likeness (QED) is 0.693. The second-order valence-corrected chi connectivity index (χ2v) is 4.78. The van der Waals surface area contributed by atoms with Gasteiger partial charge in [-0.05, 0) is 32.0 Å². The second-order valence-electron chi connectivity index (χ2n) is 4.34. The van der Waals surface area contributed by atoms with Gasteiger partial charge in [0.2, 0.25) is 0 Å². The van der Waals surface area contributed by atoms with Gasteiger partial charge in [-0.25, -0.2) is 9.48 Å². The number of aromatic nitrogens is 2. The zero-order valence-corrected chi connectivity index (χ0v) is 11.4. The first-order valence-corrected chi connectivity index (χ1v) is 6.18. The van der Waals surface area contributed by atoms with E-state index in [-0.39, 0.29) is 11.7 Å². The molecule has 0 bridgehead atoms. The molecular formula is C13H14ClN3O2. The lowest BCUT2D eigenvalue weighted by molar-refractivity contribution is 0.0727. The zero-order chi connectivity index (χ0) is 14.0. The maximum absolute atomic E-state index is 11.9. The Kier molecular flexibility index (Phi) is 3.76.